The van der Waals surface area contributed by atoms with Crippen LogP contribution in [0.4, 0.5) is 5.82 Å². The molecule has 4 rings (SSSR count). The average Bonchev–Trinajstić information content (AvgIpc) is 3.06. The maximum atomic E-state index is 5.46. The van der Waals surface area contributed by atoms with Gasteiger partial charge in [-0.25, -0.2) is 15.0 Å². The average molecular weight is 366 g/mol. The molecule has 0 spiro atoms. The molecule has 2 aromatic heterocycles. The molecule has 1 atom stereocenters. The van der Waals surface area contributed by atoms with Crippen molar-refractivity contribution in [2.75, 3.05) is 57.1 Å². The van der Waals surface area contributed by atoms with Crippen molar-refractivity contribution in [3.05, 3.63) is 6.33 Å². The summed E-state index contributed by atoms with van der Waals surface area (Å²) in [4.78, 5) is 18.5. The number of fused-ring (bicyclic) bond motifs is 1. The van der Waals surface area contributed by atoms with E-state index in [-0.39, 0.29) is 0 Å². The highest BCUT2D eigenvalue weighted by Crippen LogP contribution is 2.34. The second kappa shape index (κ2) is 7.51. The summed E-state index contributed by atoms with van der Waals surface area (Å²) in [5.41, 5.74) is 0.838. The van der Waals surface area contributed by atoms with Gasteiger partial charge in [0.05, 0.1) is 13.2 Å². The van der Waals surface area contributed by atoms with Gasteiger partial charge in [-0.05, 0) is 25.0 Å². The molecular weight excluding hydrogens is 342 g/mol. The lowest BCUT2D eigenvalue weighted by atomic mass is 9.97. The molecule has 2 saturated heterocycles. The van der Waals surface area contributed by atoms with E-state index in [1.807, 2.05) is 0 Å². The summed E-state index contributed by atoms with van der Waals surface area (Å²) < 4.78 is 7.66. The molecule has 2 aromatic rings. The molecule has 4 heterocycles. The number of hydrogen-bond donors (Lipinski definition) is 0. The van der Waals surface area contributed by atoms with Crippen LogP contribution in [0.1, 0.15) is 12.8 Å². The van der Waals surface area contributed by atoms with E-state index in [2.05, 4.69) is 31.0 Å². The molecule has 130 valence electrons. The number of thioether (sulfide) groups is 1. The van der Waals surface area contributed by atoms with Crippen LogP contribution in [-0.4, -0.2) is 72.0 Å². The first-order valence-electron chi connectivity index (χ1n) is 8.54. The number of piperidine rings is 1. The Morgan fingerprint density at radius 1 is 1.29 bits per heavy atom. The Hall–Kier alpha value is -0.960. The Labute approximate surface area is 150 Å². The van der Waals surface area contributed by atoms with E-state index in [4.69, 9.17) is 4.74 Å². The Balaban J connectivity index is 1.50. The van der Waals surface area contributed by atoms with E-state index in [1.54, 1.807) is 29.4 Å². The van der Waals surface area contributed by atoms with Crippen LogP contribution in [0.2, 0.25) is 0 Å². The number of hydrogen-bond acceptors (Lipinski definition) is 8. The maximum absolute atomic E-state index is 5.46. The minimum Gasteiger partial charge on any atom is -0.379 e. The van der Waals surface area contributed by atoms with Gasteiger partial charge < -0.3 is 9.64 Å². The summed E-state index contributed by atoms with van der Waals surface area (Å²) in [6.45, 7) is 7.23. The third-order valence-electron chi connectivity index (χ3n) is 4.77. The van der Waals surface area contributed by atoms with Gasteiger partial charge in [-0.1, -0.05) is 11.8 Å². The van der Waals surface area contributed by atoms with Crippen LogP contribution < -0.4 is 4.90 Å². The summed E-state index contributed by atoms with van der Waals surface area (Å²) >= 11 is 3.39. The lowest BCUT2D eigenvalue weighted by Gasteiger charge is -2.37. The molecular formula is C16H23N5OS2. The predicted octanol–water partition coefficient (Wildman–Crippen LogP) is 2.36. The second-order valence-electron chi connectivity index (χ2n) is 6.40. The van der Waals surface area contributed by atoms with Crippen molar-refractivity contribution in [3.8, 4) is 0 Å². The second-order valence-corrected chi connectivity index (χ2v) is 8.45. The largest absolute Gasteiger partial charge is 0.379 e. The Bertz CT molecular complexity index is 688. The van der Waals surface area contributed by atoms with Crippen LogP contribution in [0, 0.1) is 5.92 Å². The summed E-state index contributed by atoms with van der Waals surface area (Å²) in [5, 5.41) is 0. The van der Waals surface area contributed by atoms with E-state index in [1.165, 1.54) is 19.4 Å². The highest BCUT2D eigenvalue weighted by molar-refractivity contribution is 8.00. The summed E-state index contributed by atoms with van der Waals surface area (Å²) in [7, 11) is 0. The zero-order chi connectivity index (χ0) is 16.4. The molecule has 0 saturated carbocycles. The van der Waals surface area contributed by atoms with Crippen LogP contribution >= 0.6 is 23.1 Å². The van der Waals surface area contributed by atoms with Crippen molar-refractivity contribution in [3.63, 3.8) is 0 Å². The third-order valence-corrected chi connectivity index (χ3v) is 6.79. The van der Waals surface area contributed by atoms with Crippen molar-refractivity contribution in [2.45, 2.75) is 17.2 Å². The number of ether oxygens (including phenoxy) is 1. The number of morpholine rings is 1. The Morgan fingerprint density at radius 2 is 2.17 bits per heavy atom. The molecule has 8 heteroatoms. The normalized spacial score (nSPS) is 23.0. The number of anilines is 1. The van der Waals surface area contributed by atoms with E-state index in [0.717, 1.165) is 59.9 Å². The molecule has 0 aromatic carbocycles. The molecule has 0 aliphatic carbocycles. The molecule has 2 aliphatic rings. The van der Waals surface area contributed by atoms with E-state index in [0.29, 0.717) is 5.92 Å². The number of rotatable bonds is 4. The highest BCUT2D eigenvalue weighted by atomic mass is 32.2. The van der Waals surface area contributed by atoms with Crippen molar-refractivity contribution in [1.29, 1.82) is 0 Å². The molecule has 2 fully saturated rings. The predicted molar refractivity (Wildman–Crippen MR) is 99.2 cm³/mol. The molecule has 0 amide bonds. The fraction of sp³-hybridized carbons (Fsp3) is 0.688. The van der Waals surface area contributed by atoms with Gasteiger partial charge in [0.1, 0.15) is 11.0 Å². The van der Waals surface area contributed by atoms with Gasteiger partial charge in [0.2, 0.25) is 0 Å². The SMILES string of the molecule is CSc1nc2ncnc(N3CCCC(CN4CCOCC4)C3)c2s1. The maximum Gasteiger partial charge on any atom is 0.176 e. The van der Waals surface area contributed by atoms with Crippen LogP contribution in [-0.2, 0) is 4.74 Å². The zero-order valence-electron chi connectivity index (χ0n) is 14.0. The first-order chi connectivity index (χ1) is 11.8. The van der Waals surface area contributed by atoms with Gasteiger partial charge in [0.15, 0.2) is 15.8 Å². The van der Waals surface area contributed by atoms with Gasteiger partial charge in [0.25, 0.3) is 0 Å². The van der Waals surface area contributed by atoms with Crippen molar-refractivity contribution in [1.82, 2.24) is 19.9 Å². The minimum absolute atomic E-state index is 0.704. The molecule has 2 aliphatic heterocycles. The van der Waals surface area contributed by atoms with Crippen LogP contribution in [0.3, 0.4) is 0 Å². The quantitative estimate of drug-likeness (QED) is 0.771. The Kier molecular flexibility index (Phi) is 5.17. The topological polar surface area (TPSA) is 54.4 Å². The van der Waals surface area contributed by atoms with E-state index < -0.39 is 0 Å². The van der Waals surface area contributed by atoms with Crippen molar-refractivity contribution in [2.24, 2.45) is 5.92 Å². The minimum atomic E-state index is 0.704. The molecule has 0 bridgehead atoms. The van der Waals surface area contributed by atoms with Crippen LogP contribution in [0.25, 0.3) is 10.3 Å². The zero-order valence-corrected chi connectivity index (χ0v) is 15.6. The monoisotopic (exact) mass is 365 g/mol. The molecule has 24 heavy (non-hydrogen) atoms. The highest BCUT2D eigenvalue weighted by Gasteiger charge is 2.25. The fourth-order valence-electron chi connectivity index (χ4n) is 3.59. The van der Waals surface area contributed by atoms with Crippen LogP contribution in [0.5, 0.6) is 0 Å². The van der Waals surface area contributed by atoms with Gasteiger partial charge in [-0.3, -0.25) is 4.90 Å². The van der Waals surface area contributed by atoms with Gasteiger partial charge in [0, 0.05) is 32.7 Å². The first kappa shape index (κ1) is 16.5. The van der Waals surface area contributed by atoms with Gasteiger partial charge in [-0.15, -0.1) is 11.3 Å². The lowest BCUT2D eigenvalue weighted by molar-refractivity contribution is 0.0296. The molecule has 0 N–H and O–H groups in total. The fourth-order valence-corrected chi connectivity index (χ4v) is 5.12. The van der Waals surface area contributed by atoms with Gasteiger partial charge >= 0.3 is 0 Å². The van der Waals surface area contributed by atoms with E-state index in [9.17, 15) is 0 Å². The number of aromatic nitrogens is 3. The summed E-state index contributed by atoms with van der Waals surface area (Å²) in [5.74, 6) is 1.78. The summed E-state index contributed by atoms with van der Waals surface area (Å²) in [6.07, 6.45) is 6.26. The Morgan fingerprint density at radius 3 is 3.00 bits per heavy atom. The lowest BCUT2D eigenvalue weighted by Crippen LogP contribution is -2.44. The number of nitrogens with zero attached hydrogens (tertiary/aromatic N) is 5. The standard InChI is InChI=1S/C16H23N5OS2/c1-23-16-19-14-13(24-16)15(18-11-17-14)21-4-2-3-12(10-21)9-20-5-7-22-8-6-20/h11-12H,2-10H2,1H3. The first-order valence-corrected chi connectivity index (χ1v) is 10.6. The van der Waals surface area contributed by atoms with E-state index >= 15 is 0 Å². The number of thiazole rings is 1. The molecule has 6 nitrogen and oxygen atoms in total. The van der Waals surface area contributed by atoms with Crippen LogP contribution in [0.15, 0.2) is 10.7 Å². The summed E-state index contributed by atoms with van der Waals surface area (Å²) in [6, 6.07) is 0. The van der Waals surface area contributed by atoms with Crippen molar-refractivity contribution >= 4 is 39.3 Å². The van der Waals surface area contributed by atoms with Gasteiger partial charge in [-0.2, -0.15) is 0 Å². The van der Waals surface area contributed by atoms with Crippen molar-refractivity contribution < 1.29 is 4.74 Å². The molecule has 1 unspecified atom stereocenters. The smallest absolute Gasteiger partial charge is 0.176 e. The third kappa shape index (κ3) is 3.51. The molecule has 0 radical (unpaired) electrons.